The van der Waals surface area contributed by atoms with Crippen LogP contribution in [0.5, 0.6) is 5.75 Å². The molecule has 0 aliphatic rings. The van der Waals surface area contributed by atoms with E-state index in [0.717, 1.165) is 12.1 Å². The fraction of sp³-hybridized carbons (Fsp3) is 0.238. The van der Waals surface area contributed by atoms with Crippen LogP contribution in [0.2, 0.25) is 5.02 Å². The number of ether oxygens (including phenoxy) is 1. The maximum absolute atomic E-state index is 13.0. The zero-order valence-corrected chi connectivity index (χ0v) is 17.7. The average Bonchev–Trinajstić information content (AvgIpc) is 2.77. The minimum atomic E-state index is -4.67. The van der Waals surface area contributed by atoms with Crippen molar-refractivity contribution in [2.24, 2.45) is 0 Å². The molecule has 0 aliphatic heterocycles. The molecule has 2 heterocycles. The fourth-order valence-electron chi connectivity index (χ4n) is 2.86. The number of carbonyl (C=O) groups excluding carboxylic acids is 1. The molecular formula is C21H16ClF5N4O2. The Bertz CT molecular complexity index is 1130. The number of nitrogens with one attached hydrogen (secondary N) is 1. The van der Waals surface area contributed by atoms with Crippen molar-refractivity contribution < 1.29 is 31.5 Å². The Hall–Kier alpha value is -3.34. The molecule has 0 radical (unpaired) electrons. The Kier molecular flexibility index (Phi) is 7.42. The van der Waals surface area contributed by atoms with Gasteiger partial charge in [-0.25, -0.2) is 8.78 Å². The number of benzene rings is 1. The van der Waals surface area contributed by atoms with E-state index in [1.165, 1.54) is 30.7 Å². The molecule has 6 nitrogen and oxygen atoms in total. The molecular weight excluding hydrogens is 471 g/mol. The largest absolute Gasteiger partial charge is 0.486 e. The lowest BCUT2D eigenvalue weighted by Crippen LogP contribution is -2.28. The number of carbonyl (C=O) groups is 1. The van der Waals surface area contributed by atoms with E-state index in [9.17, 15) is 26.7 Å². The monoisotopic (exact) mass is 486 g/mol. The highest BCUT2D eigenvalue weighted by Gasteiger charge is 2.32. The molecule has 0 fully saturated rings. The van der Waals surface area contributed by atoms with Gasteiger partial charge in [0.2, 0.25) is 0 Å². The first-order chi connectivity index (χ1) is 15.5. The van der Waals surface area contributed by atoms with Crippen molar-refractivity contribution in [1.82, 2.24) is 20.3 Å². The maximum Gasteiger partial charge on any atom is 0.416 e. The van der Waals surface area contributed by atoms with Crippen LogP contribution >= 0.6 is 11.6 Å². The SMILES string of the molecule is CC(NC(=O)c1cc(Cl)cc(C(F)(F)F)c1)c1nccnc1-c1ccc(OCC(F)F)cn1. The highest BCUT2D eigenvalue weighted by molar-refractivity contribution is 6.31. The lowest BCUT2D eigenvalue weighted by Gasteiger charge is -2.17. The molecule has 0 spiro atoms. The number of pyridine rings is 1. The smallest absolute Gasteiger partial charge is 0.416 e. The molecule has 3 aromatic rings. The van der Waals surface area contributed by atoms with Gasteiger partial charge in [0, 0.05) is 23.0 Å². The van der Waals surface area contributed by atoms with E-state index in [1.54, 1.807) is 6.92 Å². The Morgan fingerprint density at radius 2 is 1.85 bits per heavy atom. The summed E-state index contributed by atoms with van der Waals surface area (Å²) in [5.74, 6) is -0.664. The van der Waals surface area contributed by atoms with Crippen LogP contribution in [-0.4, -0.2) is 33.9 Å². The highest BCUT2D eigenvalue weighted by Crippen LogP contribution is 2.32. The van der Waals surface area contributed by atoms with Crippen LogP contribution in [-0.2, 0) is 6.18 Å². The third-order valence-corrected chi connectivity index (χ3v) is 4.54. The molecule has 2 aromatic heterocycles. The summed E-state index contributed by atoms with van der Waals surface area (Å²) in [6.07, 6.45) is -3.29. The molecule has 33 heavy (non-hydrogen) atoms. The molecule has 174 valence electrons. The topological polar surface area (TPSA) is 77.0 Å². The van der Waals surface area contributed by atoms with Crippen LogP contribution in [0.3, 0.4) is 0 Å². The van der Waals surface area contributed by atoms with Gasteiger partial charge in [-0.05, 0) is 37.3 Å². The number of hydrogen-bond donors (Lipinski definition) is 1. The minimum absolute atomic E-state index is 0.132. The number of rotatable bonds is 7. The van der Waals surface area contributed by atoms with Gasteiger partial charge in [-0.15, -0.1) is 0 Å². The van der Waals surface area contributed by atoms with Gasteiger partial charge in [0.05, 0.1) is 29.2 Å². The summed E-state index contributed by atoms with van der Waals surface area (Å²) in [6, 6.07) is 4.68. The van der Waals surface area contributed by atoms with Crippen molar-refractivity contribution in [1.29, 1.82) is 0 Å². The maximum atomic E-state index is 13.0. The van der Waals surface area contributed by atoms with Crippen molar-refractivity contribution in [3.63, 3.8) is 0 Å². The minimum Gasteiger partial charge on any atom is -0.486 e. The van der Waals surface area contributed by atoms with E-state index in [4.69, 9.17) is 16.3 Å². The van der Waals surface area contributed by atoms with Gasteiger partial charge in [0.25, 0.3) is 12.3 Å². The summed E-state index contributed by atoms with van der Waals surface area (Å²) >= 11 is 5.75. The van der Waals surface area contributed by atoms with Gasteiger partial charge in [-0.3, -0.25) is 19.7 Å². The Morgan fingerprint density at radius 3 is 2.48 bits per heavy atom. The Morgan fingerprint density at radius 1 is 1.12 bits per heavy atom. The molecule has 1 aromatic carbocycles. The first-order valence-corrected chi connectivity index (χ1v) is 9.79. The second kappa shape index (κ2) is 10.1. The molecule has 1 amide bonds. The number of aromatic nitrogens is 3. The summed E-state index contributed by atoms with van der Waals surface area (Å²) in [6.45, 7) is 0.792. The molecule has 1 N–H and O–H groups in total. The van der Waals surface area contributed by atoms with Crippen LogP contribution in [0.25, 0.3) is 11.4 Å². The summed E-state index contributed by atoms with van der Waals surface area (Å²) in [5, 5.41) is 2.33. The lowest BCUT2D eigenvalue weighted by atomic mass is 10.1. The molecule has 12 heteroatoms. The van der Waals surface area contributed by atoms with E-state index in [1.807, 2.05) is 0 Å². The third kappa shape index (κ3) is 6.35. The number of amides is 1. The van der Waals surface area contributed by atoms with Crippen molar-refractivity contribution in [3.05, 3.63) is 70.8 Å². The normalized spacial score (nSPS) is 12.5. The van der Waals surface area contributed by atoms with Crippen LogP contribution in [0, 0.1) is 0 Å². The van der Waals surface area contributed by atoms with Gasteiger partial charge in [0.15, 0.2) is 0 Å². The van der Waals surface area contributed by atoms with Crippen LogP contribution in [0.15, 0.2) is 48.9 Å². The average molecular weight is 487 g/mol. The predicted molar refractivity (Wildman–Crippen MR) is 109 cm³/mol. The summed E-state index contributed by atoms with van der Waals surface area (Å²) < 4.78 is 68.5. The summed E-state index contributed by atoms with van der Waals surface area (Å²) in [5.41, 5.74) is -0.423. The number of alkyl halides is 5. The van der Waals surface area contributed by atoms with Gasteiger partial charge >= 0.3 is 6.18 Å². The van der Waals surface area contributed by atoms with Crippen LogP contribution in [0.1, 0.15) is 34.6 Å². The Labute approximate surface area is 189 Å². The molecule has 0 aliphatic carbocycles. The van der Waals surface area contributed by atoms with E-state index >= 15 is 0 Å². The predicted octanol–water partition coefficient (Wildman–Crippen LogP) is 5.35. The van der Waals surface area contributed by atoms with Crippen molar-refractivity contribution in [2.45, 2.75) is 25.6 Å². The van der Waals surface area contributed by atoms with Gasteiger partial charge < -0.3 is 10.1 Å². The molecule has 0 bridgehead atoms. The van der Waals surface area contributed by atoms with Gasteiger partial charge in [-0.2, -0.15) is 13.2 Å². The second-order valence-electron chi connectivity index (χ2n) is 6.79. The van der Waals surface area contributed by atoms with Crippen LogP contribution in [0.4, 0.5) is 22.0 Å². The molecule has 0 saturated heterocycles. The standard InChI is InChI=1S/C21H16ClF5N4O2/c1-11(31-20(32)12-6-13(21(25,26)27)8-14(22)7-12)18-19(29-5-4-28-18)16-3-2-15(9-30-16)33-10-17(23)24/h2-9,11,17H,10H2,1H3,(H,31,32). The van der Waals surface area contributed by atoms with Gasteiger partial charge in [0.1, 0.15) is 18.1 Å². The zero-order valence-electron chi connectivity index (χ0n) is 16.9. The number of hydrogen-bond acceptors (Lipinski definition) is 5. The Balaban J connectivity index is 1.81. The fourth-order valence-corrected chi connectivity index (χ4v) is 3.10. The molecule has 1 unspecified atom stereocenters. The second-order valence-corrected chi connectivity index (χ2v) is 7.23. The molecule has 0 saturated carbocycles. The molecule has 3 rings (SSSR count). The van der Waals surface area contributed by atoms with Crippen molar-refractivity contribution >= 4 is 17.5 Å². The van der Waals surface area contributed by atoms with E-state index in [2.05, 4.69) is 20.3 Å². The summed E-state index contributed by atoms with van der Waals surface area (Å²) in [4.78, 5) is 25.1. The lowest BCUT2D eigenvalue weighted by molar-refractivity contribution is -0.137. The van der Waals surface area contributed by atoms with Gasteiger partial charge in [-0.1, -0.05) is 11.6 Å². The van der Waals surface area contributed by atoms with E-state index in [0.29, 0.717) is 11.8 Å². The van der Waals surface area contributed by atoms with Crippen molar-refractivity contribution in [3.8, 4) is 17.1 Å². The van der Waals surface area contributed by atoms with Crippen molar-refractivity contribution in [2.75, 3.05) is 6.61 Å². The van der Waals surface area contributed by atoms with Crippen LogP contribution < -0.4 is 10.1 Å². The summed E-state index contributed by atoms with van der Waals surface area (Å²) in [7, 11) is 0. The highest BCUT2D eigenvalue weighted by atomic mass is 35.5. The third-order valence-electron chi connectivity index (χ3n) is 4.33. The first-order valence-electron chi connectivity index (χ1n) is 9.41. The van der Waals surface area contributed by atoms with E-state index in [-0.39, 0.29) is 27.7 Å². The quantitative estimate of drug-likeness (QED) is 0.456. The van der Waals surface area contributed by atoms with E-state index < -0.39 is 36.7 Å². The first kappa shape index (κ1) is 24.3. The zero-order chi connectivity index (χ0) is 24.2. The molecule has 1 atom stereocenters. The number of halogens is 6. The number of nitrogens with zero attached hydrogens (tertiary/aromatic N) is 3.